The van der Waals surface area contributed by atoms with Gasteiger partial charge in [-0.25, -0.2) is 4.68 Å². The third-order valence-electron chi connectivity index (χ3n) is 4.62. The second-order valence-corrected chi connectivity index (χ2v) is 8.21. The average Bonchev–Trinajstić information content (AvgIpc) is 3.24. The number of nitrogens with one attached hydrogen (secondary N) is 2. The summed E-state index contributed by atoms with van der Waals surface area (Å²) in [6.45, 7) is 0. The molecule has 0 unspecified atom stereocenters. The van der Waals surface area contributed by atoms with Gasteiger partial charge in [-0.1, -0.05) is 59.4 Å². The lowest BCUT2D eigenvalue weighted by atomic mass is 10.1. The number of pyridine rings is 1. The molecule has 2 aromatic carbocycles. The Bertz CT molecular complexity index is 1310. The fraction of sp³-hybridized carbons (Fsp3) is 0.0435. The molecular weight excluding hydrogens is 481 g/mol. The van der Waals surface area contributed by atoms with Crippen LogP contribution in [0.15, 0.2) is 72.9 Å². The molecule has 33 heavy (non-hydrogen) atoms. The van der Waals surface area contributed by atoms with E-state index in [9.17, 15) is 9.59 Å². The van der Waals surface area contributed by atoms with Gasteiger partial charge in [-0.15, -0.1) is 0 Å². The molecule has 166 valence electrons. The molecule has 10 heteroatoms. The predicted octanol–water partition coefficient (Wildman–Crippen LogP) is 5.50. The highest BCUT2D eigenvalue weighted by Gasteiger charge is 2.20. The van der Waals surface area contributed by atoms with E-state index in [0.717, 1.165) is 11.9 Å². The number of benzene rings is 2. The number of carbonyl (C=O) groups excluding carboxylic acids is 2. The first-order chi connectivity index (χ1) is 16.0. The van der Waals surface area contributed by atoms with Crippen LogP contribution in [0.2, 0.25) is 10.0 Å². The Labute approximate surface area is 204 Å². The summed E-state index contributed by atoms with van der Waals surface area (Å²) in [5.41, 5.74) is 2.21. The van der Waals surface area contributed by atoms with Crippen molar-refractivity contribution < 1.29 is 9.59 Å². The molecule has 2 N–H and O–H groups in total. The van der Waals surface area contributed by atoms with E-state index in [1.165, 1.54) is 16.8 Å². The van der Waals surface area contributed by atoms with E-state index < -0.39 is 5.91 Å². The number of carbonyl (C=O) groups is 2. The molecule has 2 heterocycles. The fourth-order valence-corrected chi connectivity index (χ4v) is 3.97. The first-order valence-electron chi connectivity index (χ1n) is 9.68. The van der Waals surface area contributed by atoms with Crippen molar-refractivity contribution in [1.29, 1.82) is 0 Å². The molecule has 0 saturated heterocycles. The Morgan fingerprint density at radius 1 is 0.939 bits per heavy atom. The Hall–Kier alpha value is -3.33. The monoisotopic (exact) mass is 497 g/mol. The van der Waals surface area contributed by atoms with E-state index in [2.05, 4.69) is 20.1 Å². The Kier molecular flexibility index (Phi) is 6.98. The minimum absolute atomic E-state index is 0.153. The fourth-order valence-electron chi connectivity index (χ4n) is 3.12. The molecule has 0 saturated carbocycles. The van der Waals surface area contributed by atoms with Crippen LogP contribution in [0.1, 0.15) is 20.8 Å². The van der Waals surface area contributed by atoms with Gasteiger partial charge >= 0.3 is 0 Å². The first-order valence-corrected chi connectivity index (χ1v) is 11.7. The highest BCUT2D eigenvalue weighted by atomic mass is 35.5. The molecule has 0 radical (unpaired) electrons. The van der Waals surface area contributed by atoms with E-state index in [4.69, 9.17) is 23.2 Å². The zero-order valence-corrected chi connectivity index (χ0v) is 19.6. The van der Waals surface area contributed by atoms with Crippen molar-refractivity contribution in [2.24, 2.45) is 0 Å². The quantitative estimate of drug-likeness (QED) is 0.343. The standard InChI is InChI=1S/C23H17Cl2N5O2S/c1-33-29-23(32)20-13-21(30(28-20)14-7-3-2-4-8-14)27-22(31)16-11-15(17(24)12-18(16)25)19-9-5-6-10-26-19/h2-13H,1H3,(H,27,31)(H,29,32). The number of aromatic nitrogens is 3. The molecule has 4 rings (SSSR count). The number of para-hydroxylation sites is 1. The normalized spacial score (nSPS) is 10.6. The van der Waals surface area contributed by atoms with Gasteiger partial charge in [-0.05, 0) is 36.4 Å². The molecule has 2 aromatic heterocycles. The van der Waals surface area contributed by atoms with Crippen molar-refractivity contribution in [1.82, 2.24) is 19.5 Å². The molecule has 7 nitrogen and oxygen atoms in total. The van der Waals surface area contributed by atoms with Gasteiger partial charge < -0.3 is 5.32 Å². The maximum absolute atomic E-state index is 13.2. The largest absolute Gasteiger partial charge is 0.306 e. The van der Waals surface area contributed by atoms with Crippen molar-refractivity contribution in [3.63, 3.8) is 0 Å². The maximum Gasteiger partial charge on any atom is 0.281 e. The lowest BCUT2D eigenvalue weighted by Gasteiger charge is -2.12. The minimum atomic E-state index is -0.484. The second-order valence-electron chi connectivity index (χ2n) is 6.78. The van der Waals surface area contributed by atoms with Gasteiger partial charge in [0.25, 0.3) is 11.8 Å². The Morgan fingerprint density at radius 3 is 2.39 bits per heavy atom. The van der Waals surface area contributed by atoms with Crippen LogP contribution in [-0.2, 0) is 0 Å². The highest BCUT2D eigenvalue weighted by Crippen LogP contribution is 2.32. The molecule has 0 aliphatic rings. The molecule has 0 spiro atoms. The molecule has 4 aromatic rings. The zero-order valence-electron chi connectivity index (χ0n) is 17.3. The summed E-state index contributed by atoms with van der Waals surface area (Å²) in [6, 6.07) is 19.2. The second kappa shape index (κ2) is 10.1. The van der Waals surface area contributed by atoms with Crippen LogP contribution >= 0.6 is 35.1 Å². The van der Waals surface area contributed by atoms with Crippen molar-refractivity contribution in [2.75, 3.05) is 11.6 Å². The van der Waals surface area contributed by atoms with Gasteiger partial charge in [0.05, 0.1) is 27.0 Å². The summed E-state index contributed by atoms with van der Waals surface area (Å²) < 4.78 is 4.11. The molecule has 0 aliphatic carbocycles. The van der Waals surface area contributed by atoms with Crippen LogP contribution in [0.25, 0.3) is 16.9 Å². The number of hydrogen-bond donors (Lipinski definition) is 2. The third-order valence-corrected chi connectivity index (χ3v) is 5.64. The van der Waals surface area contributed by atoms with Crippen LogP contribution in [-0.4, -0.2) is 32.8 Å². The van der Waals surface area contributed by atoms with E-state index in [0.29, 0.717) is 27.8 Å². The van der Waals surface area contributed by atoms with Gasteiger partial charge in [-0.2, -0.15) is 5.10 Å². The first kappa shape index (κ1) is 22.8. The summed E-state index contributed by atoms with van der Waals surface area (Å²) in [5, 5.41) is 7.73. The lowest BCUT2D eigenvalue weighted by molar-refractivity contribution is 0.0977. The molecule has 0 aliphatic heterocycles. The van der Waals surface area contributed by atoms with Gasteiger partial charge in [0.15, 0.2) is 5.69 Å². The van der Waals surface area contributed by atoms with Crippen LogP contribution in [0, 0.1) is 0 Å². The van der Waals surface area contributed by atoms with Crippen LogP contribution < -0.4 is 10.0 Å². The van der Waals surface area contributed by atoms with Crippen molar-refractivity contribution in [3.8, 4) is 16.9 Å². The SMILES string of the molecule is CSNC(=O)c1cc(NC(=O)c2cc(-c3ccccn3)c(Cl)cc2Cl)n(-c2ccccc2)n1. The van der Waals surface area contributed by atoms with Gasteiger partial charge in [-0.3, -0.25) is 19.3 Å². The van der Waals surface area contributed by atoms with Gasteiger partial charge in [0, 0.05) is 24.1 Å². The topological polar surface area (TPSA) is 88.9 Å². The highest BCUT2D eigenvalue weighted by molar-refractivity contribution is 7.97. The van der Waals surface area contributed by atoms with E-state index in [1.54, 1.807) is 30.7 Å². The Balaban J connectivity index is 1.72. The van der Waals surface area contributed by atoms with Crippen molar-refractivity contribution in [3.05, 3.63) is 94.2 Å². The summed E-state index contributed by atoms with van der Waals surface area (Å²) in [7, 11) is 0. The number of anilines is 1. The average molecular weight is 498 g/mol. The summed E-state index contributed by atoms with van der Waals surface area (Å²) in [4.78, 5) is 29.8. The maximum atomic E-state index is 13.2. The summed E-state index contributed by atoms with van der Waals surface area (Å²) in [5.74, 6) is -0.555. The number of hydrogen-bond acceptors (Lipinski definition) is 5. The van der Waals surface area contributed by atoms with Crippen LogP contribution in [0.5, 0.6) is 0 Å². The van der Waals surface area contributed by atoms with Crippen molar-refractivity contribution in [2.45, 2.75) is 0 Å². The van der Waals surface area contributed by atoms with E-state index >= 15 is 0 Å². The third kappa shape index (κ3) is 5.03. The Morgan fingerprint density at radius 2 is 1.70 bits per heavy atom. The van der Waals surface area contributed by atoms with Gasteiger partial charge in [0.1, 0.15) is 5.82 Å². The molecule has 0 bridgehead atoms. The van der Waals surface area contributed by atoms with Crippen LogP contribution in [0.4, 0.5) is 5.82 Å². The van der Waals surface area contributed by atoms with Gasteiger partial charge in [0.2, 0.25) is 0 Å². The summed E-state index contributed by atoms with van der Waals surface area (Å²) >= 11 is 13.9. The number of halogens is 2. The predicted molar refractivity (Wildman–Crippen MR) is 132 cm³/mol. The van der Waals surface area contributed by atoms with E-state index in [-0.39, 0.29) is 22.2 Å². The molecule has 2 amide bonds. The number of nitrogens with zero attached hydrogens (tertiary/aromatic N) is 3. The number of rotatable bonds is 6. The number of amides is 2. The smallest absolute Gasteiger partial charge is 0.281 e. The van der Waals surface area contributed by atoms with E-state index in [1.807, 2.05) is 36.4 Å². The summed E-state index contributed by atoms with van der Waals surface area (Å²) in [6.07, 6.45) is 3.37. The minimum Gasteiger partial charge on any atom is -0.306 e. The zero-order chi connectivity index (χ0) is 23.4. The van der Waals surface area contributed by atoms with Crippen molar-refractivity contribution >= 4 is 52.8 Å². The lowest BCUT2D eigenvalue weighted by Crippen LogP contribution is -2.16. The molecule has 0 fully saturated rings. The molecular formula is C23H17Cl2N5O2S. The molecule has 0 atom stereocenters. The van der Waals surface area contributed by atoms with Crippen LogP contribution in [0.3, 0.4) is 0 Å².